The zero-order chi connectivity index (χ0) is 19.2. The van der Waals surface area contributed by atoms with Crippen molar-refractivity contribution < 1.29 is 35.6 Å². The second-order valence-electron chi connectivity index (χ2n) is 5.32. The molecule has 2 amide bonds. The van der Waals surface area contributed by atoms with Crippen LogP contribution in [0, 0.1) is 29.1 Å². The summed E-state index contributed by atoms with van der Waals surface area (Å²) in [6.07, 6.45) is 1.17. The Bertz CT molecular complexity index is 600. The molecule has 0 fully saturated rings. The summed E-state index contributed by atoms with van der Waals surface area (Å²) in [5.41, 5.74) is -1.40. The van der Waals surface area contributed by atoms with Crippen LogP contribution in [-0.4, -0.2) is 35.4 Å². The van der Waals surface area contributed by atoms with Crippen LogP contribution in [0.1, 0.15) is 12.8 Å². The largest absolute Gasteiger partial charge is 0.398 e. The lowest BCUT2D eigenvalue weighted by atomic mass is 10.2. The van der Waals surface area contributed by atoms with Crippen molar-refractivity contribution in [1.29, 1.82) is 0 Å². The minimum Gasteiger partial charge on any atom is -0.398 e. The fraction of sp³-hybridized carbons (Fsp3) is 0.500. The van der Waals surface area contributed by atoms with Crippen molar-refractivity contribution in [2.24, 2.45) is 0 Å². The molecule has 0 atom stereocenters. The summed E-state index contributed by atoms with van der Waals surface area (Å²) >= 11 is 0. The lowest BCUT2D eigenvalue weighted by Gasteiger charge is -2.22. The molecule has 0 saturated carbocycles. The molecule has 1 rings (SSSR count). The topological polar surface area (TPSA) is 59.6 Å². The van der Waals surface area contributed by atoms with E-state index in [0.29, 0.717) is 18.9 Å². The third-order valence-electron chi connectivity index (χ3n) is 3.66. The zero-order valence-electron chi connectivity index (χ0n) is 13.9. The summed E-state index contributed by atoms with van der Waals surface area (Å²) in [5, 5.41) is 3.90. The van der Waals surface area contributed by atoms with Gasteiger partial charge in [-0.15, -0.1) is 0 Å². The predicted octanol–water partition coefficient (Wildman–Crippen LogP) is 3.65. The van der Waals surface area contributed by atoms with Gasteiger partial charge in [-0.3, -0.25) is 0 Å². The van der Waals surface area contributed by atoms with Crippen molar-refractivity contribution in [2.45, 2.75) is 25.4 Å². The van der Waals surface area contributed by atoms with Crippen LogP contribution in [-0.2, 0) is 8.85 Å². The smallest absolute Gasteiger partial charge is 0.334 e. The summed E-state index contributed by atoms with van der Waals surface area (Å²) in [6, 6.07) is -0.414. The summed E-state index contributed by atoms with van der Waals surface area (Å²) < 4.78 is 76.4. The van der Waals surface area contributed by atoms with Gasteiger partial charge in [0.1, 0.15) is 5.69 Å². The van der Waals surface area contributed by atoms with E-state index < -0.39 is 49.4 Å². The maximum atomic E-state index is 13.4. The fourth-order valence-corrected chi connectivity index (χ4v) is 3.40. The number of amides is 2. The van der Waals surface area contributed by atoms with Gasteiger partial charge in [-0.25, -0.2) is 26.7 Å². The van der Waals surface area contributed by atoms with Gasteiger partial charge < -0.3 is 19.5 Å². The molecule has 11 heteroatoms. The van der Waals surface area contributed by atoms with Gasteiger partial charge in [0.05, 0.1) is 0 Å². The third kappa shape index (κ3) is 5.38. The van der Waals surface area contributed by atoms with Crippen molar-refractivity contribution in [3.8, 4) is 0 Å². The molecule has 25 heavy (non-hydrogen) atoms. The molecular formula is C14H19F5N2O3Si. The van der Waals surface area contributed by atoms with Crippen molar-refractivity contribution in [1.82, 2.24) is 5.32 Å². The van der Waals surface area contributed by atoms with Crippen molar-refractivity contribution in [3.05, 3.63) is 29.1 Å². The van der Waals surface area contributed by atoms with Crippen LogP contribution in [0.4, 0.5) is 32.4 Å². The molecule has 0 aliphatic rings. The van der Waals surface area contributed by atoms with E-state index in [0.717, 1.165) is 0 Å². The minimum absolute atomic E-state index is 0.138. The van der Waals surface area contributed by atoms with E-state index in [1.165, 1.54) is 0 Å². The summed E-state index contributed by atoms with van der Waals surface area (Å²) in [6.45, 7) is 2.01. The molecule has 1 aromatic carbocycles. The number of rotatable bonds is 8. The molecule has 0 aliphatic heterocycles. The fourth-order valence-electron chi connectivity index (χ4n) is 1.93. The van der Waals surface area contributed by atoms with Crippen LogP contribution in [0.15, 0.2) is 0 Å². The molecule has 0 bridgehead atoms. The lowest BCUT2D eigenvalue weighted by molar-refractivity contribution is 0.247. The number of anilines is 1. The Balaban J connectivity index is 2.54. The zero-order valence-corrected chi connectivity index (χ0v) is 14.9. The third-order valence-corrected chi connectivity index (χ3v) is 6.64. The number of hydrogen-bond acceptors (Lipinski definition) is 3. The van der Waals surface area contributed by atoms with E-state index in [1.807, 2.05) is 6.55 Å². The maximum Gasteiger partial charge on any atom is 0.334 e. The second kappa shape index (κ2) is 9.11. The van der Waals surface area contributed by atoms with Gasteiger partial charge in [-0.05, 0) is 25.4 Å². The summed E-state index contributed by atoms with van der Waals surface area (Å²) in [7, 11) is 0.879. The molecule has 0 saturated heterocycles. The molecule has 5 nitrogen and oxygen atoms in total. The van der Waals surface area contributed by atoms with Crippen LogP contribution < -0.4 is 10.6 Å². The first-order chi connectivity index (χ1) is 11.7. The highest BCUT2D eigenvalue weighted by atomic mass is 28.4. The Morgan fingerprint density at radius 1 is 0.920 bits per heavy atom. The predicted molar refractivity (Wildman–Crippen MR) is 82.9 cm³/mol. The lowest BCUT2D eigenvalue weighted by Crippen LogP contribution is -2.36. The van der Waals surface area contributed by atoms with E-state index in [9.17, 15) is 26.7 Å². The first kappa shape index (κ1) is 21.3. The van der Waals surface area contributed by atoms with Gasteiger partial charge in [0.2, 0.25) is 5.82 Å². The van der Waals surface area contributed by atoms with Gasteiger partial charge in [0, 0.05) is 20.8 Å². The van der Waals surface area contributed by atoms with Crippen LogP contribution in [0.25, 0.3) is 0 Å². The monoisotopic (exact) mass is 386 g/mol. The SMILES string of the molecule is CO[Si](C)(CCCCNC(=O)Nc1c(F)c(F)c(F)c(F)c1F)OC. The van der Waals surface area contributed by atoms with E-state index >= 15 is 0 Å². The number of nitrogens with one attached hydrogen (secondary N) is 2. The standard InChI is InChI=1S/C14H19F5N2O3Si/c1-23-25(3,24-2)7-5-4-6-20-14(22)21-13-11(18)9(16)8(15)10(17)12(13)19/h4-7H2,1-3H3,(H2,20,21,22). The number of urea groups is 1. The van der Waals surface area contributed by atoms with E-state index in [-0.39, 0.29) is 6.54 Å². The van der Waals surface area contributed by atoms with Gasteiger partial charge in [-0.1, -0.05) is 0 Å². The Hall–Kier alpha value is -1.72. The quantitative estimate of drug-likeness (QED) is 0.236. The minimum atomic E-state index is -2.29. The Kier molecular flexibility index (Phi) is 7.77. The molecule has 142 valence electrons. The van der Waals surface area contributed by atoms with Crippen LogP contribution >= 0.6 is 0 Å². The Morgan fingerprint density at radius 3 is 1.88 bits per heavy atom. The summed E-state index contributed by atoms with van der Waals surface area (Å²) in [4.78, 5) is 11.6. The van der Waals surface area contributed by atoms with Crippen LogP contribution in [0.3, 0.4) is 0 Å². The van der Waals surface area contributed by atoms with Crippen molar-refractivity contribution >= 4 is 20.3 Å². The Morgan fingerprint density at radius 2 is 1.40 bits per heavy atom. The van der Waals surface area contributed by atoms with E-state index in [2.05, 4.69) is 5.32 Å². The first-order valence-corrected chi connectivity index (χ1v) is 9.85. The van der Waals surface area contributed by atoms with Crippen molar-refractivity contribution in [2.75, 3.05) is 26.1 Å². The van der Waals surface area contributed by atoms with Crippen molar-refractivity contribution in [3.63, 3.8) is 0 Å². The molecule has 0 heterocycles. The number of hydrogen-bond donors (Lipinski definition) is 2. The number of carbonyl (C=O) groups is 1. The summed E-state index contributed by atoms with van der Waals surface area (Å²) in [5.74, 6) is -10.7. The van der Waals surface area contributed by atoms with Gasteiger partial charge in [-0.2, -0.15) is 0 Å². The molecule has 0 spiro atoms. The number of unbranched alkanes of at least 4 members (excludes halogenated alkanes) is 1. The number of benzene rings is 1. The Labute approximate surface area is 142 Å². The second-order valence-corrected chi connectivity index (χ2v) is 8.91. The highest BCUT2D eigenvalue weighted by molar-refractivity contribution is 6.65. The highest BCUT2D eigenvalue weighted by Gasteiger charge is 2.28. The van der Waals surface area contributed by atoms with E-state index in [4.69, 9.17) is 8.85 Å². The average Bonchev–Trinajstić information content (AvgIpc) is 2.61. The molecule has 0 aromatic heterocycles. The number of halogens is 5. The first-order valence-electron chi connectivity index (χ1n) is 7.33. The molecule has 1 aromatic rings. The molecule has 0 unspecified atom stereocenters. The van der Waals surface area contributed by atoms with Gasteiger partial charge in [0.25, 0.3) is 0 Å². The molecule has 0 radical (unpaired) electrons. The van der Waals surface area contributed by atoms with Crippen LogP contribution in [0.2, 0.25) is 12.6 Å². The molecular weight excluding hydrogens is 367 g/mol. The van der Waals surface area contributed by atoms with Gasteiger partial charge >= 0.3 is 14.6 Å². The highest BCUT2D eigenvalue weighted by Crippen LogP contribution is 2.26. The number of carbonyl (C=O) groups excluding carboxylic acids is 1. The normalized spacial score (nSPS) is 11.5. The molecule has 0 aliphatic carbocycles. The average molecular weight is 386 g/mol. The van der Waals surface area contributed by atoms with E-state index in [1.54, 1.807) is 19.5 Å². The van der Waals surface area contributed by atoms with Crippen LogP contribution in [0.5, 0.6) is 0 Å². The maximum absolute atomic E-state index is 13.4. The van der Waals surface area contributed by atoms with Gasteiger partial charge in [0.15, 0.2) is 23.3 Å². The molecule has 2 N–H and O–H groups in total.